The molecule has 1 aliphatic rings. The van der Waals surface area contributed by atoms with Gasteiger partial charge in [0, 0.05) is 0 Å². The Morgan fingerprint density at radius 2 is 1.28 bits per heavy atom. The van der Waals surface area contributed by atoms with Gasteiger partial charge in [0.05, 0.1) is 37.1 Å². The number of rotatable bonds is 4. The van der Waals surface area contributed by atoms with Crippen molar-refractivity contribution in [2.24, 2.45) is 20.7 Å². The lowest BCUT2D eigenvalue weighted by Gasteiger charge is -2.34. The van der Waals surface area contributed by atoms with E-state index in [1.165, 1.54) is 11.1 Å². The molecule has 0 aromatic heterocycles. The van der Waals surface area contributed by atoms with Gasteiger partial charge in [0.15, 0.2) is 0 Å². The number of benzene rings is 2. The van der Waals surface area contributed by atoms with E-state index in [2.05, 4.69) is 41.4 Å². The van der Waals surface area contributed by atoms with E-state index in [0.29, 0.717) is 0 Å². The van der Waals surface area contributed by atoms with E-state index in [-0.39, 0.29) is 6.04 Å². The molecule has 1 fully saturated rings. The second-order valence-corrected chi connectivity index (χ2v) is 6.47. The fourth-order valence-corrected chi connectivity index (χ4v) is 2.59. The number of piperazine rings is 1. The molecule has 1 aliphatic heterocycles. The molecule has 2 aromatic carbocycles. The van der Waals surface area contributed by atoms with Crippen LogP contribution in [-0.2, 0) is 0 Å². The van der Waals surface area contributed by atoms with Crippen LogP contribution in [0, 0.1) is 13.8 Å². The van der Waals surface area contributed by atoms with E-state index in [0.717, 1.165) is 31.0 Å². The lowest BCUT2D eigenvalue weighted by molar-refractivity contribution is 0.0767. The summed E-state index contributed by atoms with van der Waals surface area (Å²) in [6.45, 7) is 8.60. The van der Waals surface area contributed by atoms with Gasteiger partial charge in [-0.3, -0.25) is 10.0 Å². The minimum Gasteiger partial charge on any atom is -0.274 e. The predicted octanol–water partition coefficient (Wildman–Crippen LogP) is 5.01. The Bertz CT molecular complexity index is 736. The zero-order valence-corrected chi connectivity index (χ0v) is 15.0. The van der Waals surface area contributed by atoms with Gasteiger partial charge in [0.25, 0.3) is 0 Å². The van der Waals surface area contributed by atoms with E-state index < -0.39 is 0 Å². The molecule has 0 radical (unpaired) electrons. The fraction of sp³-hybridized carbons (Fsp3) is 0.368. The summed E-state index contributed by atoms with van der Waals surface area (Å²) in [4.78, 5) is 0. The van der Waals surface area contributed by atoms with Crippen LogP contribution in [0.3, 0.4) is 0 Å². The van der Waals surface area contributed by atoms with Crippen molar-refractivity contribution < 1.29 is 0 Å². The monoisotopic (exact) mass is 336 g/mol. The molecule has 0 aliphatic carbocycles. The summed E-state index contributed by atoms with van der Waals surface area (Å²) in [5.74, 6) is 0. The molecule has 6 heteroatoms. The molecular weight excluding hydrogens is 312 g/mol. The van der Waals surface area contributed by atoms with E-state index in [1.807, 2.05) is 58.5 Å². The lowest BCUT2D eigenvalue weighted by Crippen LogP contribution is -2.47. The van der Waals surface area contributed by atoms with Crippen molar-refractivity contribution in [2.75, 3.05) is 19.6 Å². The highest BCUT2D eigenvalue weighted by Gasteiger charge is 2.22. The molecule has 1 saturated heterocycles. The second kappa shape index (κ2) is 7.88. The SMILES string of the molecule is Cc1ccc(N=NN2CCN(N=Nc3ccc(C)cc3)C(C)C2)cc1. The van der Waals surface area contributed by atoms with Crippen LogP contribution in [-0.4, -0.2) is 35.7 Å². The van der Waals surface area contributed by atoms with Crippen LogP contribution >= 0.6 is 0 Å². The quantitative estimate of drug-likeness (QED) is 0.737. The summed E-state index contributed by atoms with van der Waals surface area (Å²) in [5.41, 5.74) is 4.19. The molecule has 1 heterocycles. The summed E-state index contributed by atoms with van der Waals surface area (Å²) >= 11 is 0. The van der Waals surface area contributed by atoms with E-state index in [1.54, 1.807) is 0 Å². The van der Waals surface area contributed by atoms with Crippen LogP contribution in [0.15, 0.2) is 69.2 Å². The molecule has 1 unspecified atom stereocenters. The highest BCUT2D eigenvalue weighted by atomic mass is 15.6. The Morgan fingerprint density at radius 1 is 0.760 bits per heavy atom. The molecule has 0 amide bonds. The van der Waals surface area contributed by atoms with Crippen molar-refractivity contribution in [1.82, 2.24) is 10.0 Å². The van der Waals surface area contributed by atoms with Gasteiger partial charge in [-0.15, -0.1) is 10.2 Å². The predicted molar refractivity (Wildman–Crippen MR) is 99.1 cm³/mol. The van der Waals surface area contributed by atoms with Crippen molar-refractivity contribution in [2.45, 2.75) is 26.8 Å². The molecule has 3 rings (SSSR count). The maximum absolute atomic E-state index is 4.39. The summed E-state index contributed by atoms with van der Waals surface area (Å²) in [6.07, 6.45) is 0. The molecule has 0 bridgehead atoms. The van der Waals surface area contributed by atoms with Gasteiger partial charge in [-0.2, -0.15) is 0 Å². The third-order valence-corrected chi connectivity index (χ3v) is 4.20. The maximum Gasteiger partial charge on any atom is 0.0874 e. The first kappa shape index (κ1) is 17.1. The van der Waals surface area contributed by atoms with Crippen molar-refractivity contribution >= 4 is 11.4 Å². The Kier molecular flexibility index (Phi) is 5.38. The molecule has 0 spiro atoms. The van der Waals surface area contributed by atoms with E-state index in [4.69, 9.17) is 0 Å². The van der Waals surface area contributed by atoms with Crippen molar-refractivity contribution in [3.8, 4) is 0 Å². The maximum atomic E-state index is 4.39. The smallest absolute Gasteiger partial charge is 0.0874 e. The Hall–Kier alpha value is -2.76. The summed E-state index contributed by atoms with van der Waals surface area (Å²) < 4.78 is 0. The van der Waals surface area contributed by atoms with Crippen molar-refractivity contribution in [3.05, 3.63) is 59.7 Å². The first-order chi connectivity index (χ1) is 12.1. The fourth-order valence-electron chi connectivity index (χ4n) is 2.59. The lowest BCUT2D eigenvalue weighted by atomic mass is 10.2. The van der Waals surface area contributed by atoms with Gasteiger partial charge >= 0.3 is 0 Å². The van der Waals surface area contributed by atoms with Gasteiger partial charge in [0.1, 0.15) is 0 Å². The number of hydrogen-bond acceptors (Lipinski definition) is 4. The third kappa shape index (κ3) is 4.86. The number of aryl methyl sites for hydroxylation is 2. The van der Waals surface area contributed by atoms with Crippen molar-refractivity contribution in [3.63, 3.8) is 0 Å². The Labute approximate surface area is 148 Å². The highest BCUT2D eigenvalue weighted by molar-refractivity contribution is 5.38. The zero-order valence-electron chi connectivity index (χ0n) is 15.0. The summed E-state index contributed by atoms with van der Waals surface area (Å²) in [7, 11) is 0. The van der Waals surface area contributed by atoms with Crippen LogP contribution in [0.5, 0.6) is 0 Å². The Balaban J connectivity index is 1.55. The van der Waals surface area contributed by atoms with Crippen molar-refractivity contribution in [1.29, 1.82) is 0 Å². The van der Waals surface area contributed by atoms with Crippen LogP contribution in [0.2, 0.25) is 0 Å². The first-order valence-electron chi connectivity index (χ1n) is 8.58. The average molecular weight is 336 g/mol. The van der Waals surface area contributed by atoms with E-state index >= 15 is 0 Å². The average Bonchev–Trinajstić information content (AvgIpc) is 2.62. The van der Waals surface area contributed by atoms with Crippen LogP contribution in [0.4, 0.5) is 11.4 Å². The zero-order chi connectivity index (χ0) is 17.6. The highest BCUT2D eigenvalue weighted by Crippen LogP contribution is 2.18. The van der Waals surface area contributed by atoms with Crippen LogP contribution in [0.25, 0.3) is 0 Å². The van der Waals surface area contributed by atoms with E-state index in [9.17, 15) is 0 Å². The molecule has 130 valence electrons. The topological polar surface area (TPSA) is 55.9 Å². The van der Waals surface area contributed by atoms with Gasteiger partial charge in [-0.1, -0.05) is 45.8 Å². The molecular formula is C19H24N6. The number of hydrogen-bond donors (Lipinski definition) is 0. The largest absolute Gasteiger partial charge is 0.274 e. The molecule has 25 heavy (non-hydrogen) atoms. The molecule has 2 aromatic rings. The minimum absolute atomic E-state index is 0.236. The van der Waals surface area contributed by atoms with Gasteiger partial charge < -0.3 is 0 Å². The molecule has 0 N–H and O–H groups in total. The molecule has 6 nitrogen and oxygen atoms in total. The summed E-state index contributed by atoms with van der Waals surface area (Å²) in [5, 5.41) is 21.4. The number of nitrogens with zero attached hydrogens (tertiary/aromatic N) is 6. The normalized spacial score (nSPS) is 18.4. The van der Waals surface area contributed by atoms with Crippen LogP contribution in [0.1, 0.15) is 18.1 Å². The van der Waals surface area contributed by atoms with Gasteiger partial charge in [-0.05, 0) is 45.0 Å². The third-order valence-electron chi connectivity index (χ3n) is 4.20. The van der Waals surface area contributed by atoms with Crippen LogP contribution < -0.4 is 0 Å². The standard InChI is InChI=1S/C19H24N6/c1-15-4-8-18(9-5-15)20-22-24-12-13-25(17(3)14-24)23-21-19-10-6-16(2)7-11-19/h4-11,17H,12-14H2,1-3H3. The Morgan fingerprint density at radius 3 is 1.80 bits per heavy atom. The minimum atomic E-state index is 0.236. The molecule has 1 atom stereocenters. The van der Waals surface area contributed by atoms with Gasteiger partial charge in [-0.25, -0.2) is 0 Å². The van der Waals surface area contributed by atoms with Gasteiger partial charge in [0.2, 0.25) is 0 Å². The first-order valence-corrected chi connectivity index (χ1v) is 8.58. The summed E-state index contributed by atoms with van der Waals surface area (Å²) in [6, 6.07) is 16.3. The second-order valence-electron chi connectivity index (χ2n) is 6.47. The molecule has 0 saturated carbocycles.